The highest BCUT2D eigenvalue weighted by Gasteiger charge is 2.26. The second-order valence-corrected chi connectivity index (χ2v) is 4.86. The molecule has 4 nitrogen and oxygen atoms in total. The topological polar surface area (TPSA) is 45.6 Å². The van der Waals surface area contributed by atoms with Crippen LogP contribution in [-0.4, -0.2) is 41.8 Å². The molecule has 2 rings (SSSR count). The Kier molecular flexibility index (Phi) is 3.78. The Hall–Kier alpha value is -0.650. The van der Waals surface area contributed by atoms with Crippen LogP contribution in [0, 0.1) is 5.92 Å². The lowest BCUT2D eigenvalue weighted by Gasteiger charge is -2.38. The van der Waals surface area contributed by atoms with Crippen molar-refractivity contribution in [3.05, 3.63) is 22.3 Å². The van der Waals surface area contributed by atoms with Crippen LogP contribution in [0.3, 0.4) is 0 Å². The van der Waals surface area contributed by atoms with E-state index in [2.05, 4.69) is 25.8 Å². The van der Waals surface area contributed by atoms with E-state index in [4.69, 9.17) is 9.84 Å². The molecular weight excluding hydrogens is 272 g/mol. The van der Waals surface area contributed by atoms with Crippen molar-refractivity contribution in [2.75, 3.05) is 26.8 Å². The number of pyridine rings is 1. The first-order valence-corrected chi connectivity index (χ1v) is 6.05. The third-order valence-corrected chi connectivity index (χ3v) is 3.23. The van der Waals surface area contributed by atoms with Crippen molar-refractivity contribution < 1.29 is 9.84 Å². The summed E-state index contributed by atoms with van der Waals surface area (Å²) in [6.07, 6.45) is 0. The van der Waals surface area contributed by atoms with Crippen molar-refractivity contribution >= 4 is 15.9 Å². The largest absolute Gasteiger partial charge is 0.481 e. The van der Waals surface area contributed by atoms with Gasteiger partial charge in [0, 0.05) is 37.7 Å². The first-order chi connectivity index (χ1) is 7.72. The molecule has 1 N–H and O–H groups in total. The molecule has 1 aromatic heterocycles. The Labute approximate surface area is 103 Å². The molecule has 1 fully saturated rings. The van der Waals surface area contributed by atoms with E-state index in [0.29, 0.717) is 11.8 Å². The zero-order valence-corrected chi connectivity index (χ0v) is 10.8. The van der Waals surface area contributed by atoms with E-state index in [1.54, 1.807) is 7.11 Å². The highest BCUT2D eigenvalue weighted by atomic mass is 79.9. The lowest BCUT2D eigenvalue weighted by Crippen LogP contribution is -2.47. The predicted molar refractivity (Wildman–Crippen MR) is 64.3 cm³/mol. The van der Waals surface area contributed by atoms with Gasteiger partial charge in [0.15, 0.2) is 0 Å². The van der Waals surface area contributed by atoms with Gasteiger partial charge in [-0.1, -0.05) is 0 Å². The smallest absolute Gasteiger partial charge is 0.218 e. The fraction of sp³-hybridized carbons (Fsp3) is 0.545. The van der Waals surface area contributed by atoms with Crippen molar-refractivity contribution in [1.82, 2.24) is 9.88 Å². The van der Waals surface area contributed by atoms with Gasteiger partial charge in [0.1, 0.15) is 4.60 Å². The molecule has 1 aromatic rings. The van der Waals surface area contributed by atoms with Gasteiger partial charge >= 0.3 is 0 Å². The average molecular weight is 287 g/mol. The Morgan fingerprint density at radius 3 is 2.94 bits per heavy atom. The monoisotopic (exact) mass is 286 g/mol. The maximum atomic E-state index is 8.94. The van der Waals surface area contributed by atoms with Crippen LogP contribution in [0.25, 0.3) is 0 Å². The molecule has 1 aliphatic heterocycles. The van der Waals surface area contributed by atoms with Gasteiger partial charge in [-0.3, -0.25) is 4.90 Å². The zero-order valence-electron chi connectivity index (χ0n) is 9.19. The second-order valence-electron chi connectivity index (χ2n) is 4.05. The Morgan fingerprint density at radius 2 is 2.31 bits per heavy atom. The summed E-state index contributed by atoms with van der Waals surface area (Å²) in [7, 11) is 1.63. The number of aliphatic hydroxyl groups is 1. The summed E-state index contributed by atoms with van der Waals surface area (Å²) in [4.78, 5) is 6.53. The van der Waals surface area contributed by atoms with Gasteiger partial charge < -0.3 is 9.84 Å². The number of halogens is 1. The van der Waals surface area contributed by atoms with E-state index in [1.165, 1.54) is 0 Å². The molecule has 2 heterocycles. The van der Waals surface area contributed by atoms with Crippen molar-refractivity contribution in [1.29, 1.82) is 0 Å². The predicted octanol–water partition coefficient (Wildman–Crippen LogP) is 1.28. The number of aliphatic hydroxyl groups excluding tert-OH is 1. The van der Waals surface area contributed by atoms with Crippen LogP contribution in [0.4, 0.5) is 0 Å². The summed E-state index contributed by atoms with van der Waals surface area (Å²) in [6, 6.07) is 3.93. The molecule has 16 heavy (non-hydrogen) atoms. The number of nitrogens with zero attached hydrogens (tertiary/aromatic N) is 2. The van der Waals surface area contributed by atoms with Crippen molar-refractivity contribution in [2.45, 2.75) is 6.54 Å². The lowest BCUT2D eigenvalue weighted by atomic mass is 10.0. The van der Waals surface area contributed by atoms with Crippen LogP contribution in [-0.2, 0) is 6.54 Å². The standard InChI is InChI=1S/C11H15BrN2O2/c1-16-11-9(2-3-10(12)13-11)6-14-4-8(5-14)7-15/h2-3,8,15H,4-7H2,1H3. The summed E-state index contributed by atoms with van der Waals surface area (Å²) in [5.41, 5.74) is 1.09. The molecule has 0 saturated carbocycles. The molecule has 0 aromatic carbocycles. The van der Waals surface area contributed by atoms with Crippen LogP contribution >= 0.6 is 15.9 Å². The summed E-state index contributed by atoms with van der Waals surface area (Å²) in [5.74, 6) is 1.11. The minimum Gasteiger partial charge on any atom is -0.481 e. The molecule has 1 saturated heterocycles. The van der Waals surface area contributed by atoms with E-state index in [-0.39, 0.29) is 6.61 Å². The van der Waals surface area contributed by atoms with Crippen LogP contribution in [0.15, 0.2) is 16.7 Å². The number of rotatable bonds is 4. The van der Waals surface area contributed by atoms with E-state index in [9.17, 15) is 0 Å². The van der Waals surface area contributed by atoms with Gasteiger partial charge in [-0.05, 0) is 28.1 Å². The Balaban J connectivity index is 1.99. The molecule has 0 radical (unpaired) electrons. The summed E-state index contributed by atoms with van der Waals surface area (Å²) >= 11 is 3.32. The van der Waals surface area contributed by atoms with Gasteiger partial charge in [0.05, 0.1) is 7.11 Å². The van der Waals surface area contributed by atoms with Gasteiger partial charge in [-0.25, -0.2) is 4.98 Å². The molecule has 0 atom stereocenters. The van der Waals surface area contributed by atoms with Crippen molar-refractivity contribution in [2.24, 2.45) is 5.92 Å². The van der Waals surface area contributed by atoms with E-state index < -0.39 is 0 Å². The number of hydrogen-bond acceptors (Lipinski definition) is 4. The third-order valence-electron chi connectivity index (χ3n) is 2.78. The number of hydrogen-bond donors (Lipinski definition) is 1. The summed E-state index contributed by atoms with van der Waals surface area (Å²) < 4.78 is 6.01. The Bertz CT molecular complexity index is 367. The third kappa shape index (κ3) is 2.53. The van der Waals surface area contributed by atoms with Crippen molar-refractivity contribution in [3.63, 3.8) is 0 Å². The molecule has 88 valence electrons. The van der Waals surface area contributed by atoms with Gasteiger partial charge in [-0.2, -0.15) is 0 Å². The quantitative estimate of drug-likeness (QED) is 0.847. The van der Waals surface area contributed by atoms with Crippen LogP contribution in [0.1, 0.15) is 5.56 Å². The van der Waals surface area contributed by atoms with Crippen LogP contribution in [0.2, 0.25) is 0 Å². The highest BCUT2D eigenvalue weighted by molar-refractivity contribution is 9.10. The normalized spacial score (nSPS) is 17.2. The number of methoxy groups -OCH3 is 1. The molecule has 0 bridgehead atoms. The molecule has 0 aliphatic carbocycles. The molecule has 0 spiro atoms. The molecule has 0 amide bonds. The fourth-order valence-corrected chi connectivity index (χ4v) is 2.20. The summed E-state index contributed by atoms with van der Waals surface area (Å²) in [5, 5.41) is 8.94. The summed E-state index contributed by atoms with van der Waals surface area (Å²) in [6.45, 7) is 3.03. The van der Waals surface area contributed by atoms with Gasteiger partial charge in [0.25, 0.3) is 0 Å². The first kappa shape index (κ1) is 11.8. The first-order valence-electron chi connectivity index (χ1n) is 5.25. The van der Waals surface area contributed by atoms with E-state index >= 15 is 0 Å². The number of ether oxygens (including phenoxy) is 1. The molecule has 5 heteroatoms. The molecule has 1 aliphatic rings. The van der Waals surface area contributed by atoms with Gasteiger partial charge in [0.2, 0.25) is 5.88 Å². The molecular formula is C11H15BrN2O2. The second kappa shape index (κ2) is 5.12. The van der Waals surface area contributed by atoms with Crippen LogP contribution in [0.5, 0.6) is 5.88 Å². The number of aromatic nitrogens is 1. The minimum absolute atomic E-state index is 0.284. The van der Waals surface area contributed by atoms with Crippen LogP contribution < -0.4 is 4.74 Å². The van der Waals surface area contributed by atoms with E-state index in [0.717, 1.165) is 29.8 Å². The maximum Gasteiger partial charge on any atom is 0.218 e. The SMILES string of the molecule is COc1nc(Br)ccc1CN1CC(CO)C1. The fourth-order valence-electron chi connectivity index (χ4n) is 1.91. The Morgan fingerprint density at radius 1 is 1.56 bits per heavy atom. The zero-order chi connectivity index (χ0) is 11.5. The van der Waals surface area contributed by atoms with Crippen molar-refractivity contribution in [3.8, 4) is 5.88 Å². The lowest BCUT2D eigenvalue weighted by molar-refractivity contribution is 0.0472. The van der Waals surface area contributed by atoms with Gasteiger partial charge in [-0.15, -0.1) is 0 Å². The minimum atomic E-state index is 0.284. The average Bonchev–Trinajstić information content (AvgIpc) is 2.24. The molecule has 0 unspecified atom stereocenters. The number of likely N-dealkylation sites (tertiary alicyclic amines) is 1. The highest BCUT2D eigenvalue weighted by Crippen LogP contribution is 2.24. The maximum absolute atomic E-state index is 8.94. The van der Waals surface area contributed by atoms with E-state index in [1.807, 2.05) is 12.1 Å².